The number of aromatic amines is 1. The number of aliphatic carboxylic acids is 1. The molecule has 3 aromatic rings. The highest BCUT2D eigenvalue weighted by atomic mass is 33.1. The van der Waals surface area contributed by atoms with Crippen molar-refractivity contribution in [2.75, 3.05) is 55.9 Å². The highest BCUT2D eigenvalue weighted by Gasteiger charge is 2.72. The number of nitrogens with two attached hydrogens (primary N) is 3. The monoisotopic (exact) mass is 992 g/mol. The summed E-state index contributed by atoms with van der Waals surface area (Å²) in [4.78, 5) is 118. The predicted octanol–water partition coefficient (Wildman–Crippen LogP) is -1.81. The largest absolute Gasteiger partial charge is 0.480 e. The number of hydrogen-bond acceptors (Lipinski definition) is 21. The van der Waals surface area contributed by atoms with E-state index in [0.29, 0.717) is 29.2 Å². The number of fused-ring (bicyclic) bond motifs is 5. The van der Waals surface area contributed by atoms with Gasteiger partial charge in [0.05, 0.1) is 41.8 Å². The number of anilines is 2. The van der Waals surface area contributed by atoms with Crippen molar-refractivity contribution in [3.8, 4) is 0 Å². The zero-order chi connectivity index (χ0) is 49.7. The number of piperazine rings is 1. The molecule has 7 atom stereocenters. The van der Waals surface area contributed by atoms with Gasteiger partial charge in [-0.25, -0.2) is 19.6 Å². The molecule has 69 heavy (non-hydrogen) atoms. The number of ether oxygens (including phenoxy) is 2. The summed E-state index contributed by atoms with van der Waals surface area (Å²) in [6.45, 7) is 3.67. The third-order valence-corrected chi connectivity index (χ3v) is 14.4. The number of rotatable bonds is 23. The summed E-state index contributed by atoms with van der Waals surface area (Å²) in [5.74, 6) is -4.15. The first-order chi connectivity index (χ1) is 32.9. The molecule has 14 N–H and O–H groups in total. The number of methoxy groups -OCH3 is 1. The number of aromatic nitrogens is 4. The second kappa shape index (κ2) is 21.2. The number of primary amides is 1. The van der Waals surface area contributed by atoms with E-state index in [1.165, 1.54) is 24.1 Å². The molecule has 1 aliphatic carbocycles. The summed E-state index contributed by atoms with van der Waals surface area (Å²) in [5.41, 5.74) is 17.7. The minimum Gasteiger partial charge on any atom is -0.480 e. The minimum absolute atomic E-state index is 0.00435. The first kappa shape index (κ1) is 50.1. The van der Waals surface area contributed by atoms with Gasteiger partial charge < -0.3 is 68.6 Å². The number of nitrogens with one attached hydrogen (secondary N) is 7. The van der Waals surface area contributed by atoms with E-state index in [2.05, 4.69) is 51.8 Å². The van der Waals surface area contributed by atoms with Crippen LogP contribution in [0.4, 0.5) is 16.4 Å². The van der Waals surface area contributed by atoms with E-state index < -0.39 is 65.0 Å². The Hall–Kier alpha value is -6.81. The van der Waals surface area contributed by atoms with Crippen LogP contribution in [0, 0.1) is 5.92 Å². The number of Topliss-reactive ketones (excluding diaryl/α,β-unsaturated/α-hetero) is 2. The number of allylic oxidation sites excluding steroid dienone is 2. The molecule has 27 heteroatoms. The molecule has 5 heterocycles. The summed E-state index contributed by atoms with van der Waals surface area (Å²) >= 11 is 0. The summed E-state index contributed by atoms with van der Waals surface area (Å²) < 4.78 is 11.1. The van der Waals surface area contributed by atoms with E-state index in [9.17, 15) is 43.5 Å². The van der Waals surface area contributed by atoms with Gasteiger partial charge in [0.2, 0.25) is 29.3 Å². The molecule has 4 aliphatic rings. The zero-order valence-corrected chi connectivity index (χ0v) is 39.2. The first-order valence-corrected chi connectivity index (χ1v) is 24.2. The van der Waals surface area contributed by atoms with Crippen LogP contribution in [0.3, 0.4) is 0 Å². The summed E-state index contributed by atoms with van der Waals surface area (Å²) in [5, 5.41) is 27.1. The van der Waals surface area contributed by atoms with Gasteiger partial charge in [-0.05, 0) is 44.5 Å². The Balaban J connectivity index is 0.782. The maximum atomic E-state index is 14.0. The van der Waals surface area contributed by atoms with Gasteiger partial charge in [0.15, 0.2) is 16.9 Å². The van der Waals surface area contributed by atoms with Crippen molar-refractivity contribution in [2.24, 2.45) is 17.4 Å². The number of benzene rings is 1. The van der Waals surface area contributed by atoms with Crippen LogP contribution in [0.15, 0.2) is 57.8 Å². The molecule has 368 valence electrons. The zero-order valence-electron chi connectivity index (χ0n) is 37.6. The Bertz CT molecular complexity index is 2680. The molecule has 7 rings (SSSR count). The molecule has 25 nitrogen and oxygen atoms in total. The lowest BCUT2D eigenvalue weighted by molar-refractivity contribution is -0.141. The molecule has 0 saturated carbocycles. The lowest BCUT2D eigenvalue weighted by Crippen LogP contribution is -2.55. The van der Waals surface area contributed by atoms with E-state index in [1.807, 2.05) is 0 Å². The topological polar surface area (TPSA) is 393 Å². The Morgan fingerprint density at radius 1 is 1.06 bits per heavy atom. The number of carboxylic acids is 1. The van der Waals surface area contributed by atoms with Gasteiger partial charge in [0.25, 0.3) is 11.5 Å². The van der Waals surface area contributed by atoms with Crippen LogP contribution in [0.2, 0.25) is 0 Å². The fourth-order valence-corrected chi connectivity index (χ4v) is 10.5. The number of hydrogen-bond donors (Lipinski definition) is 11. The standard InChI is InChI=1S/C42H52N14O11S2/c1-18(50-36(60)20-5-7-21(8-6-20)47-12-22-13-49-35-30(51-22)38(62)55-40(44)54-35)4-9-27(57)48-14-24(43)37(61)53-26(39(63)64)17-69-68-11-10-46-29-19(2)32(58)31-28(33(29)59)23(16-67-41(45)65)42(66-3)34-25(52-34)15-56(31)42/h5-8,13,18,23-26,34,46-47,52H,4,9-12,14-17,43H2,1-3H3,(H2,45,65)(H,48,57)(H,50,60)(H,53,61)(H,63,64)(H3,44,49,54,55,62)/t18-,23+,24+,25?,26-,34?,42+/m0/s1. The van der Waals surface area contributed by atoms with Crippen LogP contribution < -0.4 is 54.7 Å². The molecule has 2 saturated heterocycles. The van der Waals surface area contributed by atoms with Crippen LogP contribution in [0.25, 0.3) is 11.2 Å². The number of amides is 4. The van der Waals surface area contributed by atoms with Gasteiger partial charge >= 0.3 is 12.1 Å². The maximum absolute atomic E-state index is 14.0. The Kier molecular flexibility index (Phi) is 15.4. The predicted molar refractivity (Wildman–Crippen MR) is 252 cm³/mol. The van der Waals surface area contributed by atoms with Crippen LogP contribution in [-0.2, 0) is 40.0 Å². The summed E-state index contributed by atoms with van der Waals surface area (Å²) in [7, 11) is 3.92. The van der Waals surface area contributed by atoms with Crippen molar-refractivity contribution in [1.82, 2.24) is 51.4 Å². The fraction of sp³-hybridized carbons (Fsp3) is 0.452. The third-order valence-electron chi connectivity index (χ3n) is 12.0. The molecule has 2 unspecified atom stereocenters. The molecule has 1 aromatic carbocycles. The number of ketones is 2. The van der Waals surface area contributed by atoms with E-state index in [1.54, 1.807) is 43.0 Å². The molecule has 0 bridgehead atoms. The Labute approximate surface area is 401 Å². The first-order valence-electron chi connectivity index (χ1n) is 21.7. The number of carbonyl (C=O) groups is 7. The van der Waals surface area contributed by atoms with E-state index >= 15 is 0 Å². The highest BCUT2D eigenvalue weighted by Crippen LogP contribution is 2.55. The fourth-order valence-electron chi connectivity index (χ4n) is 8.47. The van der Waals surface area contributed by atoms with Crippen LogP contribution >= 0.6 is 21.6 Å². The molecular weight excluding hydrogens is 941 g/mol. The average molecular weight is 993 g/mol. The second-order valence-electron chi connectivity index (χ2n) is 16.6. The van der Waals surface area contributed by atoms with Gasteiger partial charge in [-0.3, -0.25) is 33.8 Å². The maximum Gasteiger partial charge on any atom is 0.404 e. The van der Waals surface area contributed by atoms with E-state index in [-0.39, 0.29) is 108 Å². The van der Waals surface area contributed by atoms with Gasteiger partial charge in [-0.15, -0.1) is 0 Å². The Morgan fingerprint density at radius 3 is 2.52 bits per heavy atom. The van der Waals surface area contributed by atoms with Crippen molar-refractivity contribution in [1.29, 1.82) is 0 Å². The smallest absolute Gasteiger partial charge is 0.404 e. The second-order valence-corrected chi connectivity index (χ2v) is 19.2. The van der Waals surface area contributed by atoms with Crippen molar-refractivity contribution in [3.05, 3.63) is 74.6 Å². The summed E-state index contributed by atoms with van der Waals surface area (Å²) in [6.07, 6.45) is 0.725. The highest BCUT2D eigenvalue weighted by molar-refractivity contribution is 8.76. The molecule has 0 radical (unpaired) electrons. The van der Waals surface area contributed by atoms with Gasteiger partial charge in [0, 0.05) is 79.2 Å². The quantitative estimate of drug-likeness (QED) is 0.0216. The molecule has 3 aliphatic heterocycles. The third kappa shape index (κ3) is 10.9. The average Bonchev–Trinajstić information content (AvgIpc) is 3.93. The molecule has 2 aromatic heterocycles. The van der Waals surface area contributed by atoms with Crippen molar-refractivity contribution >= 4 is 85.7 Å². The SMILES string of the molecule is CO[C@]12C3NC3CN1C1=C(C(=O)C(NCCSSC[C@H](NC(=O)[C@H](N)CNC(=O)CC[C@H](C)NC(=O)c3ccc(NCc4cnc5nc(N)[nH]c(=O)c5n4)cc3)C(=O)O)=C(C)C1=O)[C@H]2COC(N)=O. The van der Waals surface area contributed by atoms with Crippen molar-refractivity contribution < 1.29 is 48.1 Å². The van der Waals surface area contributed by atoms with Crippen molar-refractivity contribution in [3.63, 3.8) is 0 Å². The molecular formula is C42H52N14O11S2. The number of H-pyrrole nitrogens is 1. The lowest BCUT2D eigenvalue weighted by Gasteiger charge is -2.39. The van der Waals surface area contributed by atoms with Gasteiger partial charge in [-0.2, -0.15) is 4.98 Å². The molecule has 0 spiro atoms. The molecule has 2 fully saturated rings. The Morgan fingerprint density at radius 2 is 1.81 bits per heavy atom. The van der Waals surface area contributed by atoms with Gasteiger partial charge in [-0.1, -0.05) is 21.6 Å². The minimum atomic E-state index is -1.31. The van der Waals surface area contributed by atoms with E-state index in [0.717, 1.165) is 10.8 Å². The van der Waals surface area contributed by atoms with Crippen LogP contribution in [0.1, 0.15) is 42.7 Å². The van der Waals surface area contributed by atoms with Crippen molar-refractivity contribution in [2.45, 2.75) is 69.2 Å². The van der Waals surface area contributed by atoms with Crippen LogP contribution in [-0.4, -0.2) is 152 Å². The molecule has 4 amide bonds. The summed E-state index contributed by atoms with van der Waals surface area (Å²) in [6, 6.07) is 3.55. The van der Waals surface area contributed by atoms with Gasteiger partial charge in [0.1, 0.15) is 18.7 Å². The van der Waals surface area contributed by atoms with E-state index in [4.69, 9.17) is 26.7 Å². The lowest BCUT2D eigenvalue weighted by atomic mass is 9.82. The number of carboxylic acid groups (broad SMARTS) is 1. The number of carbonyl (C=O) groups excluding carboxylic acids is 6. The normalized spacial score (nSPS) is 21.4. The number of nitrogen functional groups attached to an aromatic ring is 1. The van der Waals surface area contributed by atoms with Crippen LogP contribution in [0.5, 0.6) is 0 Å². The number of nitrogens with zero attached hydrogens (tertiary/aromatic N) is 4.